The van der Waals surface area contributed by atoms with Gasteiger partial charge in [-0.25, -0.2) is 4.99 Å². The molecular formula is C19H27N3O. The lowest BCUT2D eigenvalue weighted by atomic mass is 9.88. The van der Waals surface area contributed by atoms with E-state index < -0.39 is 0 Å². The van der Waals surface area contributed by atoms with E-state index in [0.717, 1.165) is 29.9 Å². The van der Waals surface area contributed by atoms with Gasteiger partial charge in [-0.3, -0.25) is 0 Å². The molecule has 0 bridgehead atoms. The van der Waals surface area contributed by atoms with Gasteiger partial charge in [-0.2, -0.15) is 0 Å². The Morgan fingerprint density at radius 1 is 1.43 bits per heavy atom. The molecule has 0 aromatic carbocycles. The van der Waals surface area contributed by atoms with Crippen molar-refractivity contribution in [2.75, 3.05) is 0 Å². The van der Waals surface area contributed by atoms with Crippen molar-refractivity contribution in [3.8, 4) is 0 Å². The number of allylic oxidation sites excluding steroid dienone is 5. The number of hydrogen-bond acceptors (Lipinski definition) is 3. The molecule has 4 nitrogen and oxygen atoms in total. The molecule has 1 aliphatic heterocycles. The zero-order chi connectivity index (χ0) is 16.4. The normalized spacial score (nSPS) is 31.4. The third kappa shape index (κ3) is 3.36. The summed E-state index contributed by atoms with van der Waals surface area (Å²) in [6, 6.07) is 0.589. The highest BCUT2D eigenvalue weighted by atomic mass is 16.5. The van der Waals surface area contributed by atoms with E-state index in [4.69, 9.17) is 10.5 Å². The Hall–Kier alpha value is -1.97. The Bertz CT molecular complexity index is 639. The van der Waals surface area contributed by atoms with Crippen LogP contribution in [0.4, 0.5) is 0 Å². The number of nitrogens with zero attached hydrogens (tertiary/aromatic N) is 1. The molecule has 23 heavy (non-hydrogen) atoms. The molecule has 3 rings (SSSR count). The second-order valence-electron chi connectivity index (χ2n) is 6.95. The van der Waals surface area contributed by atoms with Crippen molar-refractivity contribution in [2.45, 2.75) is 58.5 Å². The van der Waals surface area contributed by atoms with Crippen molar-refractivity contribution in [1.82, 2.24) is 5.32 Å². The number of ether oxygens (including phenoxy) is 1. The lowest BCUT2D eigenvalue weighted by Gasteiger charge is -2.24. The van der Waals surface area contributed by atoms with E-state index >= 15 is 0 Å². The quantitative estimate of drug-likeness (QED) is 0.827. The Morgan fingerprint density at radius 3 is 3.00 bits per heavy atom. The van der Waals surface area contributed by atoms with Crippen molar-refractivity contribution in [3.63, 3.8) is 0 Å². The van der Waals surface area contributed by atoms with Crippen LogP contribution in [0.15, 0.2) is 52.0 Å². The van der Waals surface area contributed by atoms with E-state index in [1.54, 1.807) is 0 Å². The topological polar surface area (TPSA) is 59.6 Å². The van der Waals surface area contributed by atoms with E-state index in [0.29, 0.717) is 11.9 Å². The predicted molar refractivity (Wildman–Crippen MR) is 94.5 cm³/mol. The number of aliphatic imine (C=N–C) groups is 1. The maximum absolute atomic E-state index is 6.04. The van der Waals surface area contributed by atoms with Crippen molar-refractivity contribution < 1.29 is 4.74 Å². The van der Waals surface area contributed by atoms with Crippen LogP contribution in [0.1, 0.15) is 52.9 Å². The first kappa shape index (κ1) is 15.9. The van der Waals surface area contributed by atoms with Gasteiger partial charge in [0, 0.05) is 17.8 Å². The van der Waals surface area contributed by atoms with Crippen molar-refractivity contribution in [3.05, 3.63) is 47.0 Å². The molecule has 3 aliphatic rings. The van der Waals surface area contributed by atoms with E-state index in [2.05, 4.69) is 43.2 Å². The third-order valence-electron chi connectivity index (χ3n) is 4.87. The summed E-state index contributed by atoms with van der Waals surface area (Å²) in [5.74, 6) is 0.557. The van der Waals surface area contributed by atoms with E-state index in [-0.39, 0.29) is 5.60 Å². The summed E-state index contributed by atoms with van der Waals surface area (Å²) in [6.07, 6.45) is 13.8. The number of nitrogens with two attached hydrogens (primary N) is 1. The van der Waals surface area contributed by atoms with Crippen LogP contribution in [0.2, 0.25) is 0 Å². The minimum atomic E-state index is -0.356. The molecule has 0 amide bonds. The van der Waals surface area contributed by atoms with Crippen molar-refractivity contribution in [1.29, 1.82) is 0 Å². The van der Waals surface area contributed by atoms with Gasteiger partial charge in [-0.05, 0) is 44.3 Å². The molecule has 1 fully saturated rings. The minimum Gasteiger partial charge on any atom is -0.452 e. The monoisotopic (exact) mass is 313 g/mol. The number of rotatable bonds is 4. The van der Waals surface area contributed by atoms with Crippen LogP contribution in [0, 0.1) is 5.92 Å². The van der Waals surface area contributed by atoms with Gasteiger partial charge in [-0.1, -0.05) is 38.0 Å². The fourth-order valence-electron chi connectivity index (χ4n) is 3.27. The lowest BCUT2D eigenvalue weighted by molar-refractivity contribution is 0.138. The molecule has 0 aromatic heterocycles. The number of unbranched alkanes of at least 4 members (excludes halogenated alkanes) is 1. The first-order chi connectivity index (χ1) is 11.0. The summed E-state index contributed by atoms with van der Waals surface area (Å²) in [4.78, 5) is 4.69. The summed E-state index contributed by atoms with van der Waals surface area (Å²) in [7, 11) is 0. The summed E-state index contributed by atoms with van der Waals surface area (Å²) >= 11 is 0. The van der Waals surface area contributed by atoms with E-state index in [1.807, 2.05) is 12.2 Å². The van der Waals surface area contributed by atoms with Crippen LogP contribution in [-0.2, 0) is 4.74 Å². The average molecular weight is 313 g/mol. The van der Waals surface area contributed by atoms with Gasteiger partial charge in [0.15, 0.2) is 5.60 Å². The van der Waals surface area contributed by atoms with Crippen LogP contribution in [0.5, 0.6) is 0 Å². The fraction of sp³-hybridized carbons (Fsp3) is 0.526. The van der Waals surface area contributed by atoms with E-state index in [1.165, 1.54) is 24.8 Å². The average Bonchev–Trinajstić information content (AvgIpc) is 2.82. The molecule has 0 spiro atoms. The maximum atomic E-state index is 6.04. The highest BCUT2D eigenvalue weighted by Crippen LogP contribution is 2.34. The molecular weight excluding hydrogens is 286 g/mol. The molecule has 3 N–H and O–H groups in total. The highest BCUT2D eigenvalue weighted by molar-refractivity contribution is 5.81. The summed E-state index contributed by atoms with van der Waals surface area (Å²) in [5, 5.41) is 3.28. The SMILES string of the molecule is CCCCC1=CC=C(N=C2NC3=CC(N)=CCC3(C)O2)CC1C. The van der Waals surface area contributed by atoms with Crippen molar-refractivity contribution in [2.24, 2.45) is 16.6 Å². The second kappa shape index (κ2) is 6.26. The Morgan fingerprint density at radius 2 is 2.26 bits per heavy atom. The zero-order valence-corrected chi connectivity index (χ0v) is 14.4. The molecule has 4 heteroatoms. The van der Waals surface area contributed by atoms with Crippen LogP contribution < -0.4 is 11.1 Å². The van der Waals surface area contributed by atoms with Crippen LogP contribution >= 0.6 is 0 Å². The summed E-state index contributed by atoms with van der Waals surface area (Å²) in [5.41, 5.74) is 9.92. The van der Waals surface area contributed by atoms with Gasteiger partial charge in [0.2, 0.25) is 0 Å². The third-order valence-corrected chi connectivity index (χ3v) is 4.87. The minimum absolute atomic E-state index is 0.356. The number of amidine groups is 1. The molecule has 0 radical (unpaired) electrons. The number of nitrogens with one attached hydrogen (secondary N) is 1. The first-order valence-electron chi connectivity index (χ1n) is 8.62. The maximum Gasteiger partial charge on any atom is 0.294 e. The Balaban J connectivity index is 1.73. The van der Waals surface area contributed by atoms with Gasteiger partial charge in [0.05, 0.1) is 5.70 Å². The summed E-state index contributed by atoms with van der Waals surface area (Å²) in [6.45, 7) is 6.59. The largest absolute Gasteiger partial charge is 0.452 e. The second-order valence-corrected chi connectivity index (χ2v) is 6.95. The van der Waals surface area contributed by atoms with Crippen LogP contribution in [0.25, 0.3) is 0 Å². The number of fused-ring (bicyclic) bond motifs is 1. The molecule has 1 heterocycles. The smallest absolute Gasteiger partial charge is 0.294 e. The van der Waals surface area contributed by atoms with Gasteiger partial charge in [0.1, 0.15) is 0 Å². The highest BCUT2D eigenvalue weighted by Gasteiger charge is 2.40. The predicted octanol–water partition coefficient (Wildman–Crippen LogP) is 3.89. The molecule has 0 aromatic rings. The van der Waals surface area contributed by atoms with Crippen LogP contribution in [0.3, 0.4) is 0 Å². The van der Waals surface area contributed by atoms with Gasteiger partial charge in [-0.15, -0.1) is 0 Å². The van der Waals surface area contributed by atoms with Gasteiger partial charge < -0.3 is 15.8 Å². The molecule has 124 valence electrons. The standard InChI is InChI=1S/C19H27N3O/c1-4-5-6-14-7-8-16(11-13(14)2)21-18-22-17-12-15(20)9-10-19(17,3)23-18/h7-9,12-13H,4-6,10-11,20H2,1-3H3,(H,21,22). The fourth-order valence-corrected chi connectivity index (χ4v) is 3.27. The molecule has 2 atom stereocenters. The van der Waals surface area contributed by atoms with E-state index in [9.17, 15) is 0 Å². The lowest BCUT2D eigenvalue weighted by Crippen LogP contribution is -2.29. The van der Waals surface area contributed by atoms with Gasteiger partial charge in [0.25, 0.3) is 6.02 Å². The molecule has 1 saturated heterocycles. The zero-order valence-electron chi connectivity index (χ0n) is 14.4. The number of hydrogen-bond donors (Lipinski definition) is 2. The van der Waals surface area contributed by atoms with Crippen molar-refractivity contribution >= 4 is 6.02 Å². The molecule has 2 unspecified atom stereocenters. The Kier molecular flexibility index (Phi) is 4.33. The Labute approximate surface area is 138 Å². The molecule has 0 saturated carbocycles. The first-order valence-corrected chi connectivity index (χ1v) is 8.62. The summed E-state index contributed by atoms with van der Waals surface area (Å²) < 4.78 is 6.04. The van der Waals surface area contributed by atoms with Gasteiger partial charge >= 0.3 is 0 Å². The van der Waals surface area contributed by atoms with Crippen LogP contribution in [-0.4, -0.2) is 11.6 Å². The molecule has 2 aliphatic carbocycles.